The largest absolute Gasteiger partial charge is 0.436 e. The van der Waals surface area contributed by atoms with Crippen LogP contribution in [0, 0.1) is 5.82 Å². The molecule has 30 heavy (non-hydrogen) atoms. The number of hydrogen-bond donors (Lipinski definition) is 0. The van der Waals surface area contributed by atoms with Crippen molar-refractivity contribution in [2.75, 3.05) is 6.54 Å². The van der Waals surface area contributed by atoms with Crippen LogP contribution in [0.15, 0.2) is 60.2 Å². The lowest BCUT2D eigenvalue weighted by molar-refractivity contribution is -0.121. The number of hydrogen-bond acceptors (Lipinski definition) is 6. The number of aromatic nitrogens is 2. The van der Waals surface area contributed by atoms with E-state index in [0.29, 0.717) is 27.1 Å². The van der Waals surface area contributed by atoms with Gasteiger partial charge in [0.05, 0.1) is 11.1 Å². The van der Waals surface area contributed by atoms with Gasteiger partial charge in [0.25, 0.3) is 11.8 Å². The van der Waals surface area contributed by atoms with E-state index in [9.17, 15) is 9.18 Å². The van der Waals surface area contributed by atoms with Gasteiger partial charge in [0, 0.05) is 12.1 Å². The fourth-order valence-electron chi connectivity index (χ4n) is 2.94. The maximum atomic E-state index is 14.1. The highest BCUT2D eigenvalue weighted by Gasteiger charge is 2.31. The van der Waals surface area contributed by atoms with Crippen molar-refractivity contribution in [3.63, 3.8) is 0 Å². The second kappa shape index (κ2) is 8.51. The van der Waals surface area contributed by atoms with Crippen LogP contribution >= 0.6 is 35.6 Å². The molecule has 150 valence electrons. The van der Waals surface area contributed by atoms with Gasteiger partial charge >= 0.3 is 0 Å². The molecule has 0 saturated carbocycles. The van der Waals surface area contributed by atoms with Crippen LogP contribution in [0.2, 0.25) is 5.28 Å². The third-order valence-electron chi connectivity index (χ3n) is 4.28. The summed E-state index contributed by atoms with van der Waals surface area (Å²) in [5.41, 5.74) is 0.598. The maximum Gasteiger partial charge on any atom is 0.266 e. The van der Waals surface area contributed by atoms with Crippen molar-refractivity contribution in [3.05, 3.63) is 76.8 Å². The zero-order valence-corrected chi connectivity index (χ0v) is 17.7. The molecule has 4 rings (SSSR count). The standard InChI is InChI=1S/C21H13ClFN3O2S2/c1-2-9-26-19(27)17(30-21(26)29)10-14-13-6-4-3-5-12(13)7-8-16(14)28-18-15(23)11-24-20(22)25-18/h2-8,10-11H,1,9H2/b17-10-. The van der Waals surface area contributed by atoms with E-state index in [2.05, 4.69) is 16.5 Å². The minimum atomic E-state index is -0.754. The van der Waals surface area contributed by atoms with Crippen LogP contribution in [0.3, 0.4) is 0 Å². The Bertz CT molecular complexity index is 1230. The first kappa shape index (κ1) is 20.5. The normalized spacial score (nSPS) is 15.3. The Morgan fingerprint density at radius 2 is 2.10 bits per heavy atom. The van der Waals surface area contributed by atoms with Gasteiger partial charge in [-0.2, -0.15) is 9.37 Å². The Hall–Kier alpha value is -2.81. The Kier molecular flexibility index (Phi) is 5.80. The summed E-state index contributed by atoms with van der Waals surface area (Å²) in [4.78, 5) is 22.1. The van der Waals surface area contributed by atoms with Gasteiger partial charge in [-0.15, -0.1) is 6.58 Å². The zero-order chi connectivity index (χ0) is 21.3. The molecule has 0 unspecified atom stereocenters. The molecule has 0 spiro atoms. The summed E-state index contributed by atoms with van der Waals surface area (Å²) in [6.07, 6.45) is 4.24. The summed E-state index contributed by atoms with van der Waals surface area (Å²) < 4.78 is 20.3. The average molecular weight is 458 g/mol. The summed E-state index contributed by atoms with van der Waals surface area (Å²) in [7, 11) is 0. The van der Waals surface area contributed by atoms with Crippen LogP contribution < -0.4 is 4.74 Å². The van der Waals surface area contributed by atoms with Gasteiger partial charge in [-0.3, -0.25) is 9.69 Å². The molecule has 2 heterocycles. The van der Waals surface area contributed by atoms with E-state index >= 15 is 0 Å². The Morgan fingerprint density at radius 1 is 1.30 bits per heavy atom. The monoisotopic (exact) mass is 457 g/mol. The molecule has 1 saturated heterocycles. The first-order valence-corrected chi connectivity index (χ1v) is 10.3. The molecule has 5 nitrogen and oxygen atoms in total. The molecule has 0 radical (unpaired) electrons. The molecule has 3 aromatic rings. The molecule has 0 bridgehead atoms. The maximum absolute atomic E-state index is 14.1. The fraction of sp³-hybridized carbons (Fsp3) is 0.0476. The summed E-state index contributed by atoms with van der Waals surface area (Å²) in [5, 5.41) is 1.61. The van der Waals surface area contributed by atoms with Crippen molar-refractivity contribution >= 4 is 62.7 Å². The Labute approximate surface area is 186 Å². The third kappa shape index (κ3) is 3.94. The van der Waals surface area contributed by atoms with Crippen LogP contribution in [0.4, 0.5) is 4.39 Å². The van der Waals surface area contributed by atoms with Crippen LogP contribution in [0.1, 0.15) is 5.56 Å². The van der Waals surface area contributed by atoms with Crippen LogP contribution in [0.5, 0.6) is 11.6 Å². The van der Waals surface area contributed by atoms with Crippen molar-refractivity contribution in [2.45, 2.75) is 0 Å². The predicted octanol–water partition coefficient (Wildman–Crippen LogP) is 5.60. The number of halogens is 2. The molecule has 1 aromatic heterocycles. The summed E-state index contributed by atoms with van der Waals surface area (Å²) in [6.45, 7) is 3.98. The van der Waals surface area contributed by atoms with Gasteiger partial charge < -0.3 is 4.74 Å². The number of thioether (sulfide) groups is 1. The second-order valence-electron chi connectivity index (χ2n) is 6.17. The number of nitrogens with zero attached hydrogens (tertiary/aromatic N) is 3. The molecule has 2 aromatic carbocycles. The average Bonchev–Trinajstić information content (AvgIpc) is 3.00. The van der Waals surface area contributed by atoms with Gasteiger partial charge in [0.15, 0.2) is 0 Å². The van der Waals surface area contributed by atoms with Gasteiger partial charge in [-0.25, -0.2) is 4.98 Å². The number of rotatable bonds is 5. The molecule has 0 atom stereocenters. The summed E-state index contributed by atoms with van der Waals surface area (Å²) in [6, 6.07) is 11.1. The van der Waals surface area contributed by atoms with Crippen molar-refractivity contribution in [2.24, 2.45) is 0 Å². The first-order valence-electron chi connectivity index (χ1n) is 8.72. The number of thiocarbonyl (C=S) groups is 1. The van der Waals surface area contributed by atoms with Crippen molar-refractivity contribution in [1.29, 1.82) is 0 Å². The highest BCUT2D eigenvalue weighted by atomic mass is 35.5. The van der Waals surface area contributed by atoms with Crippen LogP contribution in [0.25, 0.3) is 16.8 Å². The molecule has 9 heteroatoms. The molecule has 1 amide bonds. The molecule has 1 aliphatic heterocycles. The van der Waals surface area contributed by atoms with Crippen molar-refractivity contribution < 1.29 is 13.9 Å². The van der Waals surface area contributed by atoms with E-state index in [4.69, 9.17) is 28.6 Å². The van der Waals surface area contributed by atoms with Crippen molar-refractivity contribution in [1.82, 2.24) is 14.9 Å². The Balaban J connectivity index is 1.84. The SMILES string of the molecule is C=CCN1C(=O)/C(=C/c2c(Oc3nc(Cl)ncc3F)ccc3ccccc23)SC1=S. The van der Waals surface area contributed by atoms with Gasteiger partial charge in [-0.1, -0.05) is 60.4 Å². The minimum absolute atomic E-state index is 0.140. The van der Waals surface area contributed by atoms with E-state index < -0.39 is 5.82 Å². The zero-order valence-electron chi connectivity index (χ0n) is 15.3. The highest BCUT2D eigenvalue weighted by molar-refractivity contribution is 8.26. The first-order chi connectivity index (χ1) is 14.5. The topological polar surface area (TPSA) is 55.3 Å². The summed E-state index contributed by atoms with van der Waals surface area (Å²) >= 11 is 12.3. The van der Waals surface area contributed by atoms with E-state index in [-0.39, 0.29) is 17.1 Å². The van der Waals surface area contributed by atoms with Gasteiger partial charge in [0.2, 0.25) is 11.1 Å². The van der Waals surface area contributed by atoms with Gasteiger partial charge in [0.1, 0.15) is 10.1 Å². The molecular weight excluding hydrogens is 445 g/mol. The number of ether oxygens (including phenoxy) is 1. The Morgan fingerprint density at radius 3 is 2.90 bits per heavy atom. The third-order valence-corrected chi connectivity index (χ3v) is 5.84. The van der Waals surface area contributed by atoms with E-state index in [1.807, 2.05) is 30.3 Å². The minimum Gasteiger partial charge on any atom is -0.436 e. The number of amides is 1. The lowest BCUT2D eigenvalue weighted by Gasteiger charge is -2.12. The molecular formula is C21H13ClFN3O2S2. The lowest BCUT2D eigenvalue weighted by atomic mass is 10.0. The van der Waals surface area contributed by atoms with Crippen LogP contribution in [-0.2, 0) is 4.79 Å². The second-order valence-corrected chi connectivity index (χ2v) is 8.19. The predicted molar refractivity (Wildman–Crippen MR) is 121 cm³/mol. The summed E-state index contributed by atoms with van der Waals surface area (Å²) in [5.74, 6) is -0.966. The fourth-order valence-corrected chi connectivity index (χ4v) is 4.32. The smallest absolute Gasteiger partial charge is 0.266 e. The molecule has 0 aliphatic carbocycles. The number of fused-ring (bicyclic) bond motifs is 1. The lowest BCUT2D eigenvalue weighted by Crippen LogP contribution is -2.27. The van der Waals surface area contributed by atoms with Crippen LogP contribution in [-0.4, -0.2) is 31.6 Å². The quantitative estimate of drug-likeness (QED) is 0.215. The molecule has 1 fully saturated rings. The highest BCUT2D eigenvalue weighted by Crippen LogP contribution is 2.38. The number of carbonyl (C=O) groups excluding carboxylic acids is 1. The molecule has 1 aliphatic rings. The van der Waals surface area contributed by atoms with E-state index in [1.54, 1.807) is 18.2 Å². The van der Waals surface area contributed by atoms with Crippen molar-refractivity contribution in [3.8, 4) is 11.6 Å². The van der Waals surface area contributed by atoms with E-state index in [0.717, 1.165) is 17.0 Å². The van der Waals surface area contributed by atoms with E-state index in [1.165, 1.54) is 16.7 Å². The van der Waals surface area contributed by atoms with Gasteiger partial charge in [-0.05, 0) is 34.5 Å². The number of carbonyl (C=O) groups is 1. The number of benzene rings is 2. The molecule has 0 N–H and O–H groups in total.